The van der Waals surface area contributed by atoms with Gasteiger partial charge in [0.2, 0.25) is 0 Å². The molecule has 1 atom stereocenters. The van der Waals surface area contributed by atoms with Gasteiger partial charge >= 0.3 is 12.0 Å². The van der Waals surface area contributed by atoms with Crippen LogP contribution >= 0.6 is 15.9 Å². The molecule has 2 amide bonds. The van der Waals surface area contributed by atoms with Crippen LogP contribution in [0.2, 0.25) is 0 Å². The maximum absolute atomic E-state index is 12.3. The maximum atomic E-state index is 12.3. The van der Waals surface area contributed by atoms with Crippen LogP contribution in [0, 0.1) is 5.41 Å². The molecule has 2 rings (SSSR count). The van der Waals surface area contributed by atoms with E-state index in [1.807, 2.05) is 19.9 Å². The Labute approximate surface area is 143 Å². The monoisotopic (exact) mass is 384 g/mol. The van der Waals surface area contributed by atoms with Crippen molar-refractivity contribution in [1.29, 1.82) is 0 Å². The van der Waals surface area contributed by atoms with E-state index in [9.17, 15) is 14.7 Å². The normalized spacial score (nSPS) is 20.7. The van der Waals surface area contributed by atoms with Gasteiger partial charge in [0.05, 0.1) is 11.5 Å². The molecule has 0 radical (unpaired) electrons. The summed E-state index contributed by atoms with van der Waals surface area (Å²) in [5.74, 6) is -0.218. The average molecular weight is 385 g/mol. The average Bonchev–Trinajstić information content (AvgIpc) is 2.81. The quantitative estimate of drug-likeness (QED) is 0.831. The van der Waals surface area contributed by atoms with Crippen LogP contribution in [0.3, 0.4) is 0 Å². The molecule has 23 heavy (non-hydrogen) atoms. The van der Waals surface area contributed by atoms with E-state index in [1.165, 1.54) is 4.90 Å². The number of hydrogen-bond acceptors (Lipinski definition) is 3. The molecule has 2 N–H and O–H groups in total. The number of rotatable bonds is 4. The SMILES string of the molecule is CC(C)Oc1cc(Br)cc(NC(=O)N2CCC(C)(C(=O)O)C2)c1. The number of ether oxygens (including phenoxy) is 1. The molecule has 1 fully saturated rings. The zero-order valence-corrected chi connectivity index (χ0v) is 15.0. The molecule has 0 bridgehead atoms. The largest absolute Gasteiger partial charge is 0.491 e. The molecule has 1 aliphatic rings. The highest BCUT2D eigenvalue weighted by molar-refractivity contribution is 9.10. The molecule has 1 aromatic carbocycles. The number of halogens is 1. The second kappa shape index (κ2) is 6.78. The van der Waals surface area contributed by atoms with Gasteiger partial charge in [-0.3, -0.25) is 4.79 Å². The molecule has 7 heteroatoms. The third-order valence-electron chi connectivity index (χ3n) is 3.77. The number of hydrogen-bond donors (Lipinski definition) is 2. The van der Waals surface area contributed by atoms with Crippen molar-refractivity contribution >= 4 is 33.6 Å². The lowest BCUT2D eigenvalue weighted by atomic mass is 9.90. The van der Waals surface area contributed by atoms with Crippen molar-refractivity contribution in [2.24, 2.45) is 5.41 Å². The summed E-state index contributed by atoms with van der Waals surface area (Å²) in [5, 5.41) is 12.0. The van der Waals surface area contributed by atoms with Gasteiger partial charge in [-0.05, 0) is 39.3 Å². The smallest absolute Gasteiger partial charge is 0.321 e. The zero-order valence-electron chi connectivity index (χ0n) is 13.4. The predicted octanol–water partition coefficient (Wildman–Crippen LogP) is 3.56. The minimum Gasteiger partial charge on any atom is -0.491 e. The molecule has 0 saturated carbocycles. The summed E-state index contributed by atoms with van der Waals surface area (Å²) in [6, 6.07) is 5.04. The van der Waals surface area contributed by atoms with Crippen LogP contribution in [-0.2, 0) is 4.79 Å². The van der Waals surface area contributed by atoms with E-state index in [-0.39, 0.29) is 18.7 Å². The number of carbonyl (C=O) groups excluding carboxylic acids is 1. The summed E-state index contributed by atoms with van der Waals surface area (Å²) in [5.41, 5.74) is -0.274. The number of likely N-dealkylation sites (tertiary alicyclic amines) is 1. The van der Waals surface area contributed by atoms with E-state index in [0.717, 1.165) is 4.47 Å². The van der Waals surface area contributed by atoms with Crippen molar-refractivity contribution in [3.8, 4) is 5.75 Å². The Morgan fingerprint density at radius 1 is 1.39 bits per heavy atom. The van der Waals surface area contributed by atoms with Gasteiger partial charge < -0.3 is 20.1 Å². The number of nitrogens with zero attached hydrogens (tertiary/aromatic N) is 1. The van der Waals surface area contributed by atoms with Crippen LogP contribution in [0.1, 0.15) is 27.2 Å². The topological polar surface area (TPSA) is 78.9 Å². The third-order valence-corrected chi connectivity index (χ3v) is 4.23. The van der Waals surface area contributed by atoms with Gasteiger partial charge in [0.1, 0.15) is 5.75 Å². The first-order chi connectivity index (χ1) is 10.7. The summed E-state index contributed by atoms with van der Waals surface area (Å²) in [6.07, 6.45) is 0.485. The molecule has 0 aliphatic carbocycles. The minimum atomic E-state index is -0.874. The first-order valence-electron chi connectivity index (χ1n) is 7.46. The Hall–Kier alpha value is -1.76. The fraction of sp³-hybridized carbons (Fsp3) is 0.500. The minimum absolute atomic E-state index is 0.0303. The number of anilines is 1. The zero-order chi connectivity index (χ0) is 17.2. The molecule has 1 saturated heterocycles. The molecular weight excluding hydrogens is 364 g/mol. The molecule has 1 unspecified atom stereocenters. The van der Waals surface area contributed by atoms with Gasteiger partial charge in [-0.2, -0.15) is 0 Å². The Morgan fingerprint density at radius 3 is 2.65 bits per heavy atom. The molecule has 1 aromatic rings. The van der Waals surface area contributed by atoms with Gasteiger partial charge in [-0.25, -0.2) is 4.79 Å². The highest BCUT2D eigenvalue weighted by atomic mass is 79.9. The van der Waals surface area contributed by atoms with Crippen LogP contribution in [0.15, 0.2) is 22.7 Å². The molecular formula is C16H21BrN2O4. The standard InChI is InChI=1S/C16H21BrN2O4/c1-10(2)23-13-7-11(17)6-12(8-13)18-15(22)19-5-4-16(3,9-19)14(20)21/h6-8,10H,4-5,9H2,1-3H3,(H,18,22)(H,20,21). The number of nitrogens with one attached hydrogen (secondary N) is 1. The van der Waals surface area contributed by atoms with Crippen molar-refractivity contribution in [2.75, 3.05) is 18.4 Å². The van der Waals surface area contributed by atoms with Crippen LogP contribution in [0.4, 0.5) is 10.5 Å². The van der Waals surface area contributed by atoms with Gasteiger partial charge in [-0.1, -0.05) is 15.9 Å². The lowest BCUT2D eigenvalue weighted by molar-refractivity contribution is -0.146. The van der Waals surface area contributed by atoms with Crippen molar-refractivity contribution in [2.45, 2.75) is 33.3 Å². The highest BCUT2D eigenvalue weighted by Gasteiger charge is 2.42. The maximum Gasteiger partial charge on any atom is 0.321 e. The highest BCUT2D eigenvalue weighted by Crippen LogP contribution is 2.31. The van der Waals surface area contributed by atoms with Crippen molar-refractivity contribution in [1.82, 2.24) is 4.90 Å². The summed E-state index contributed by atoms with van der Waals surface area (Å²) in [7, 11) is 0. The number of benzene rings is 1. The van der Waals surface area contributed by atoms with Crippen LogP contribution in [0.5, 0.6) is 5.75 Å². The number of carboxylic acid groups (broad SMARTS) is 1. The van der Waals surface area contributed by atoms with Crippen molar-refractivity contribution in [3.63, 3.8) is 0 Å². The summed E-state index contributed by atoms with van der Waals surface area (Å²) in [4.78, 5) is 25.1. The van der Waals surface area contributed by atoms with Gasteiger partial charge in [-0.15, -0.1) is 0 Å². The van der Waals surface area contributed by atoms with E-state index in [2.05, 4.69) is 21.2 Å². The first kappa shape index (κ1) is 17.6. The Bertz CT molecular complexity index is 620. The molecule has 0 spiro atoms. The Balaban J connectivity index is 2.06. The predicted molar refractivity (Wildman–Crippen MR) is 90.9 cm³/mol. The van der Waals surface area contributed by atoms with E-state index in [0.29, 0.717) is 24.4 Å². The number of aliphatic carboxylic acids is 1. The summed E-state index contributed by atoms with van der Waals surface area (Å²) < 4.78 is 6.43. The fourth-order valence-electron chi connectivity index (χ4n) is 2.49. The number of amides is 2. The van der Waals surface area contributed by atoms with E-state index < -0.39 is 11.4 Å². The number of urea groups is 1. The van der Waals surface area contributed by atoms with E-state index in [1.54, 1.807) is 19.1 Å². The van der Waals surface area contributed by atoms with Crippen LogP contribution in [0.25, 0.3) is 0 Å². The lowest BCUT2D eigenvalue weighted by Gasteiger charge is -2.21. The molecule has 1 aliphatic heterocycles. The fourth-order valence-corrected chi connectivity index (χ4v) is 2.96. The molecule has 0 aromatic heterocycles. The Morgan fingerprint density at radius 2 is 2.09 bits per heavy atom. The van der Waals surface area contributed by atoms with E-state index in [4.69, 9.17) is 4.74 Å². The third kappa shape index (κ3) is 4.37. The lowest BCUT2D eigenvalue weighted by Crippen LogP contribution is -2.37. The van der Waals surface area contributed by atoms with Gasteiger partial charge in [0, 0.05) is 29.3 Å². The molecule has 1 heterocycles. The molecule has 6 nitrogen and oxygen atoms in total. The van der Waals surface area contributed by atoms with Crippen molar-refractivity contribution < 1.29 is 19.4 Å². The second-order valence-corrected chi connectivity index (χ2v) is 7.23. The van der Waals surface area contributed by atoms with E-state index >= 15 is 0 Å². The summed E-state index contributed by atoms with van der Waals surface area (Å²) >= 11 is 3.39. The molecule has 126 valence electrons. The number of carbonyl (C=O) groups is 2. The van der Waals surface area contributed by atoms with Crippen LogP contribution in [-0.4, -0.2) is 41.2 Å². The van der Waals surface area contributed by atoms with Crippen LogP contribution < -0.4 is 10.1 Å². The van der Waals surface area contributed by atoms with Crippen molar-refractivity contribution in [3.05, 3.63) is 22.7 Å². The summed E-state index contributed by atoms with van der Waals surface area (Å²) in [6.45, 7) is 6.15. The van der Waals surface area contributed by atoms with Gasteiger partial charge in [0.15, 0.2) is 0 Å². The second-order valence-electron chi connectivity index (χ2n) is 6.31. The number of carboxylic acids is 1. The van der Waals surface area contributed by atoms with Gasteiger partial charge in [0.25, 0.3) is 0 Å². The first-order valence-corrected chi connectivity index (χ1v) is 8.25. The Kier molecular flexibility index (Phi) is 5.19.